The molecule has 0 saturated carbocycles. The van der Waals surface area contributed by atoms with Gasteiger partial charge in [-0.25, -0.2) is 4.79 Å². The Kier molecular flexibility index (Phi) is 5.27. The fourth-order valence-electron chi connectivity index (χ4n) is 3.06. The predicted molar refractivity (Wildman–Crippen MR) is 99.7 cm³/mol. The number of hydrogen-bond acceptors (Lipinski definition) is 4. The third-order valence-corrected chi connectivity index (χ3v) is 4.51. The number of aliphatic carboxylic acids is 1. The number of hydrogen-bond donors (Lipinski definition) is 1. The quantitative estimate of drug-likeness (QED) is 0.849. The lowest BCUT2D eigenvalue weighted by Crippen LogP contribution is -2.33. The van der Waals surface area contributed by atoms with E-state index in [2.05, 4.69) is 6.07 Å². The van der Waals surface area contributed by atoms with Crippen molar-refractivity contribution in [1.82, 2.24) is 4.90 Å². The van der Waals surface area contributed by atoms with Gasteiger partial charge in [-0.2, -0.15) is 5.26 Å². The molecule has 1 aliphatic rings. The lowest BCUT2D eigenvalue weighted by molar-refractivity contribution is -0.137. The molecule has 1 fully saturated rings. The molecule has 2 aromatic carbocycles. The summed E-state index contributed by atoms with van der Waals surface area (Å²) in [6.45, 7) is 1.15. The van der Waals surface area contributed by atoms with Crippen LogP contribution in [0.15, 0.2) is 42.5 Å². The first-order chi connectivity index (χ1) is 13.0. The molecule has 2 aromatic rings. The molecule has 0 aliphatic carbocycles. The average molecular weight is 365 g/mol. The number of carbonyl (C=O) groups is 2. The van der Waals surface area contributed by atoms with Crippen molar-refractivity contribution in [3.63, 3.8) is 0 Å². The van der Waals surface area contributed by atoms with Crippen molar-refractivity contribution in [2.24, 2.45) is 0 Å². The number of carboxylic acid groups (broad SMARTS) is 1. The van der Waals surface area contributed by atoms with Crippen molar-refractivity contribution in [3.8, 4) is 22.9 Å². The van der Waals surface area contributed by atoms with Crippen molar-refractivity contribution in [2.75, 3.05) is 31.6 Å². The predicted octanol–water partition coefficient (Wildman–Crippen LogP) is 2.95. The fraction of sp³-hybridized carbons (Fsp3) is 0.250. The van der Waals surface area contributed by atoms with Gasteiger partial charge >= 0.3 is 12.0 Å². The van der Waals surface area contributed by atoms with Crippen LogP contribution in [-0.2, 0) is 4.79 Å². The van der Waals surface area contributed by atoms with E-state index in [0.717, 1.165) is 11.1 Å². The molecule has 7 nitrogen and oxygen atoms in total. The SMILES string of the molecule is COc1cc(-c2ccc(C#N)cc2)ccc1N1CCN(CCC(=O)O)C1=O. The van der Waals surface area contributed by atoms with Crippen LogP contribution >= 0.6 is 0 Å². The monoisotopic (exact) mass is 365 g/mol. The van der Waals surface area contributed by atoms with Crippen LogP contribution in [-0.4, -0.2) is 48.8 Å². The molecule has 1 saturated heterocycles. The maximum atomic E-state index is 12.6. The smallest absolute Gasteiger partial charge is 0.324 e. The van der Waals surface area contributed by atoms with Crippen LogP contribution in [0, 0.1) is 11.3 Å². The number of urea groups is 1. The standard InChI is InChI=1S/C20H19N3O4/c1-27-18-12-16(15-4-2-14(13-21)3-5-15)6-7-17(18)23-11-10-22(20(23)26)9-8-19(24)25/h2-7,12H,8-11H2,1H3,(H,24,25). The Bertz CT molecular complexity index is 902. The first-order valence-corrected chi connectivity index (χ1v) is 8.50. The largest absolute Gasteiger partial charge is 0.495 e. The zero-order valence-electron chi connectivity index (χ0n) is 14.9. The Morgan fingerprint density at radius 2 is 1.89 bits per heavy atom. The Labute approximate surface area is 157 Å². The summed E-state index contributed by atoms with van der Waals surface area (Å²) >= 11 is 0. The zero-order chi connectivity index (χ0) is 19.4. The molecule has 1 N–H and O–H groups in total. The van der Waals surface area contributed by atoms with E-state index in [1.165, 1.54) is 4.90 Å². The van der Waals surface area contributed by atoms with Crippen LogP contribution < -0.4 is 9.64 Å². The van der Waals surface area contributed by atoms with E-state index in [9.17, 15) is 9.59 Å². The highest BCUT2D eigenvalue weighted by Crippen LogP contribution is 2.35. The van der Waals surface area contributed by atoms with E-state index >= 15 is 0 Å². The molecule has 0 radical (unpaired) electrons. The van der Waals surface area contributed by atoms with Gasteiger partial charge in [0.1, 0.15) is 5.75 Å². The van der Waals surface area contributed by atoms with Crippen LogP contribution in [0.25, 0.3) is 11.1 Å². The molecule has 138 valence electrons. The number of carbonyl (C=O) groups excluding carboxylic acids is 1. The number of carboxylic acids is 1. The molecule has 2 amide bonds. The molecule has 27 heavy (non-hydrogen) atoms. The lowest BCUT2D eigenvalue weighted by Gasteiger charge is -2.21. The van der Waals surface area contributed by atoms with Crippen molar-refractivity contribution >= 4 is 17.7 Å². The summed E-state index contributed by atoms with van der Waals surface area (Å²) in [5.41, 5.74) is 3.09. The van der Waals surface area contributed by atoms with Crippen LogP contribution in [0.2, 0.25) is 0 Å². The molecule has 0 spiro atoms. The summed E-state index contributed by atoms with van der Waals surface area (Å²) in [5.74, 6) is -0.365. The summed E-state index contributed by atoms with van der Waals surface area (Å²) in [6.07, 6.45) is -0.0751. The number of methoxy groups -OCH3 is 1. The molecule has 0 atom stereocenters. The zero-order valence-corrected chi connectivity index (χ0v) is 14.9. The molecular formula is C20H19N3O4. The number of nitrogens with zero attached hydrogens (tertiary/aromatic N) is 3. The molecule has 1 heterocycles. The number of nitriles is 1. The van der Waals surface area contributed by atoms with Gasteiger partial charge in [0.05, 0.1) is 30.9 Å². The first kappa shape index (κ1) is 18.3. The number of ether oxygens (including phenoxy) is 1. The third-order valence-electron chi connectivity index (χ3n) is 4.51. The summed E-state index contributed by atoms with van der Waals surface area (Å²) in [6, 6.07) is 14.7. The minimum atomic E-state index is -0.925. The van der Waals surface area contributed by atoms with Crippen LogP contribution in [0.5, 0.6) is 5.75 Å². The van der Waals surface area contributed by atoms with Crippen molar-refractivity contribution in [1.29, 1.82) is 5.26 Å². The second-order valence-electron chi connectivity index (χ2n) is 6.14. The molecule has 0 unspecified atom stereocenters. The number of rotatable bonds is 6. The minimum Gasteiger partial charge on any atom is -0.495 e. The summed E-state index contributed by atoms with van der Waals surface area (Å²) < 4.78 is 5.49. The third kappa shape index (κ3) is 3.85. The van der Waals surface area contributed by atoms with Crippen LogP contribution in [0.4, 0.5) is 10.5 Å². The highest BCUT2D eigenvalue weighted by molar-refractivity contribution is 5.96. The van der Waals surface area contributed by atoms with Crippen LogP contribution in [0.3, 0.4) is 0 Å². The van der Waals surface area contributed by atoms with E-state index in [1.54, 1.807) is 24.1 Å². The molecule has 7 heteroatoms. The van der Waals surface area contributed by atoms with Crippen molar-refractivity contribution < 1.29 is 19.4 Å². The van der Waals surface area contributed by atoms with Gasteiger partial charge in [0.15, 0.2) is 0 Å². The number of anilines is 1. The van der Waals surface area contributed by atoms with E-state index in [4.69, 9.17) is 15.1 Å². The summed E-state index contributed by atoms with van der Waals surface area (Å²) in [5, 5.41) is 17.7. The molecule has 1 aliphatic heterocycles. The molecule has 0 aromatic heterocycles. The van der Waals surface area contributed by atoms with Gasteiger partial charge in [-0.05, 0) is 35.4 Å². The minimum absolute atomic E-state index is 0.0751. The summed E-state index contributed by atoms with van der Waals surface area (Å²) in [4.78, 5) is 26.5. The average Bonchev–Trinajstić information content (AvgIpc) is 3.06. The van der Waals surface area contributed by atoms with Gasteiger partial charge in [-0.1, -0.05) is 18.2 Å². The highest BCUT2D eigenvalue weighted by atomic mass is 16.5. The Balaban J connectivity index is 1.83. The van der Waals surface area contributed by atoms with Crippen LogP contribution in [0.1, 0.15) is 12.0 Å². The Morgan fingerprint density at radius 3 is 2.52 bits per heavy atom. The first-order valence-electron chi connectivity index (χ1n) is 8.50. The van der Waals surface area contributed by atoms with Crippen molar-refractivity contribution in [3.05, 3.63) is 48.0 Å². The van der Waals surface area contributed by atoms with Gasteiger partial charge in [0.25, 0.3) is 0 Å². The van der Waals surface area contributed by atoms with Gasteiger partial charge in [-0.3, -0.25) is 9.69 Å². The molecule has 0 bridgehead atoms. The van der Waals surface area contributed by atoms with Gasteiger partial charge in [0, 0.05) is 19.6 Å². The maximum absolute atomic E-state index is 12.6. The van der Waals surface area contributed by atoms with E-state index in [0.29, 0.717) is 30.1 Å². The second-order valence-corrected chi connectivity index (χ2v) is 6.14. The number of amides is 2. The number of benzene rings is 2. The molecular weight excluding hydrogens is 346 g/mol. The fourth-order valence-corrected chi connectivity index (χ4v) is 3.06. The van der Waals surface area contributed by atoms with Crippen molar-refractivity contribution in [2.45, 2.75) is 6.42 Å². The topological polar surface area (TPSA) is 93.9 Å². The van der Waals surface area contributed by atoms with E-state index < -0.39 is 5.97 Å². The highest BCUT2D eigenvalue weighted by Gasteiger charge is 2.31. The Hall–Kier alpha value is -3.53. The normalized spacial score (nSPS) is 13.6. The summed E-state index contributed by atoms with van der Waals surface area (Å²) in [7, 11) is 1.55. The van der Waals surface area contributed by atoms with Gasteiger partial charge < -0.3 is 14.7 Å². The lowest BCUT2D eigenvalue weighted by atomic mass is 10.0. The van der Waals surface area contributed by atoms with Gasteiger partial charge in [-0.15, -0.1) is 0 Å². The van der Waals surface area contributed by atoms with E-state index in [-0.39, 0.29) is 19.0 Å². The maximum Gasteiger partial charge on any atom is 0.324 e. The second kappa shape index (κ2) is 7.79. The Morgan fingerprint density at radius 1 is 1.19 bits per heavy atom. The van der Waals surface area contributed by atoms with Gasteiger partial charge in [0.2, 0.25) is 0 Å². The molecule has 3 rings (SSSR count). The van der Waals surface area contributed by atoms with E-state index in [1.807, 2.05) is 30.3 Å².